The fraction of sp³-hybridized carbons (Fsp3) is 0.240. The number of amides is 2. The summed E-state index contributed by atoms with van der Waals surface area (Å²) in [5.74, 6) is -0.504. The molecule has 0 bridgehead atoms. The Bertz CT molecular complexity index is 1510. The van der Waals surface area contributed by atoms with E-state index in [1.54, 1.807) is 35.2 Å². The fourth-order valence-corrected chi connectivity index (χ4v) is 6.90. The summed E-state index contributed by atoms with van der Waals surface area (Å²) in [4.78, 5) is 31.0. The number of carbonyl (C=O) groups excluding carboxylic acids is 2. The van der Waals surface area contributed by atoms with Gasteiger partial charge in [-0.2, -0.15) is 0 Å². The van der Waals surface area contributed by atoms with Crippen molar-refractivity contribution in [1.29, 1.82) is 0 Å². The molecular weight excluding hydrogens is 575 g/mol. The quantitative estimate of drug-likeness (QED) is 0.424. The van der Waals surface area contributed by atoms with Gasteiger partial charge in [-0.15, -0.1) is 0 Å². The normalized spacial score (nSPS) is 17.2. The first-order valence-corrected chi connectivity index (χ1v) is 14.2. The largest absolute Gasteiger partial charge is 0.448 e. The minimum atomic E-state index is -4.09. The zero-order valence-corrected chi connectivity index (χ0v) is 22.8. The molecule has 5 rings (SSSR count). The summed E-state index contributed by atoms with van der Waals surface area (Å²) in [6, 6.07) is 13.9. The van der Waals surface area contributed by atoms with Crippen LogP contribution >= 0.6 is 34.8 Å². The zero-order chi connectivity index (χ0) is 27.0. The first-order valence-electron chi connectivity index (χ1n) is 11.6. The van der Waals surface area contributed by atoms with Crippen molar-refractivity contribution in [2.24, 2.45) is 5.92 Å². The van der Waals surface area contributed by atoms with Gasteiger partial charge in [-0.25, -0.2) is 22.5 Å². The Morgan fingerprint density at radius 2 is 1.82 bits per heavy atom. The smallest absolute Gasteiger partial charge is 0.409 e. The second kappa shape index (κ2) is 10.6. The first-order chi connectivity index (χ1) is 18.1. The van der Waals surface area contributed by atoms with Crippen molar-refractivity contribution in [2.45, 2.75) is 11.3 Å². The van der Waals surface area contributed by atoms with E-state index in [9.17, 15) is 18.0 Å². The van der Waals surface area contributed by atoms with Crippen LogP contribution in [0, 0.1) is 5.92 Å². The Hall–Kier alpha value is -3.05. The van der Waals surface area contributed by atoms with Crippen molar-refractivity contribution in [3.05, 3.63) is 80.8 Å². The molecular formula is C25H21Cl3N4O5S. The van der Waals surface area contributed by atoms with Crippen LogP contribution in [0.1, 0.15) is 15.9 Å². The van der Waals surface area contributed by atoms with E-state index in [-0.39, 0.29) is 49.6 Å². The molecule has 13 heteroatoms. The third kappa shape index (κ3) is 5.26. The molecule has 1 saturated heterocycles. The maximum atomic E-state index is 13.8. The van der Waals surface area contributed by atoms with Gasteiger partial charge >= 0.3 is 6.09 Å². The molecule has 0 aliphatic carbocycles. The minimum Gasteiger partial charge on any atom is -0.448 e. The van der Waals surface area contributed by atoms with Gasteiger partial charge in [-0.05, 0) is 54.3 Å². The summed E-state index contributed by atoms with van der Waals surface area (Å²) in [7, 11) is -4.09. The Morgan fingerprint density at radius 1 is 1.08 bits per heavy atom. The van der Waals surface area contributed by atoms with E-state index in [0.29, 0.717) is 31.7 Å². The standard InChI is InChI=1S/C25H21Cl3N4O5S/c26-17-3-1-4-18(12-17)38(35,36)32-14-15(13-31-9-10-37-25(31)34)11-16-7-8-21(29-23(16)32)30-24(33)22-19(27)5-2-6-20(22)28/h1-8,12,15H,9-11,13-14H2,(H,29,30,33). The summed E-state index contributed by atoms with van der Waals surface area (Å²) >= 11 is 18.4. The molecule has 1 fully saturated rings. The summed E-state index contributed by atoms with van der Waals surface area (Å²) < 4.78 is 33.8. The second-order valence-corrected chi connectivity index (χ2v) is 12.0. The predicted molar refractivity (Wildman–Crippen MR) is 145 cm³/mol. The molecule has 3 heterocycles. The van der Waals surface area contributed by atoms with E-state index in [4.69, 9.17) is 39.5 Å². The molecule has 9 nitrogen and oxygen atoms in total. The maximum absolute atomic E-state index is 13.8. The van der Waals surface area contributed by atoms with E-state index in [2.05, 4.69) is 10.3 Å². The number of halogens is 3. The number of rotatable bonds is 6. The highest BCUT2D eigenvalue weighted by molar-refractivity contribution is 7.92. The van der Waals surface area contributed by atoms with Crippen LogP contribution in [0.15, 0.2) is 59.5 Å². The van der Waals surface area contributed by atoms with E-state index in [0.717, 1.165) is 0 Å². The van der Waals surface area contributed by atoms with Gasteiger partial charge in [-0.3, -0.25) is 4.79 Å². The number of fused-ring (bicyclic) bond motifs is 1. The van der Waals surface area contributed by atoms with Crippen LogP contribution in [0.3, 0.4) is 0 Å². The molecule has 1 atom stereocenters. The molecule has 0 saturated carbocycles. The second-order valence-electron chi connectivity index (χ2n) is 8.85. The molecule has 2 aliphatic heterocycles. The number of aromatic nitrogens is 1. The third-order valence-corrected chi connectivity index (χ3v) is 8.88. The lowest BCUT2D eigenvalue weighted by Gasteiger charge is -2.35. The highest BCUT2D eigenvalue weighted by atomic mass is 35.5. The van der Waals surface area contributed by atoms with Gasteiger partial charge in [0.05, 0.1) is 27.0 Å². The lowest BCUT2D eigenvalue weighted by atomic mass is 9.95. The van der Waals surface area contributed by atoms with Gasteiger partial charge in [0.1, 0.15) is 18.2 Å². The van der Waals surface area contributed by atoms with Crippen LogP contribution in [0.25, 0.3) is 0 Å². The van der Waals surface area contributed by atoms with Gasteiger partial charge in [0, 0.05) is 18.1 Å². The Balaban J connectivity index is 1.51. The Morgan fingerprint density at radius 3 is 2.50 bits per heavy atom. The average molecular weight is 596 g/mol. The maximum Gasteiger partial charge on any atom is 0.409 e. The minimum absolute atomic E-state index is 0.00345. The lowest BCUT2D eigenvalue weighted by molar-refractivity contribution is 0.102. The van der Waals surface area contributed by atoms with Gasteiger partial charge in [0.2, 0.25) is 0 Å². The number of hydrogen-bond donors (Lipinski definition) is 1. The number of nitrogens with zero attached hydrogens (tertiary/aromatic N) is 3. The van der Waals surface area contributed by atoms with Gasteiger partial charge < -0.3 is 15.0 Å². The van der Waals surface area contributed by atoms with Crippen molar-refractivity contribution >= 4 is 68.5 Å². The topological polar surface area (TPSA) is 109 Å². The highest BCUT2D eigenvalue weighted by Gasteiger charge is 2.37. The number of sulfonamides is 1. The number of cyclic esters (lactones) is 1. The van der Waals surface area contributed by atoms with Crippen LogP contribution in [0.4, 0.5) is 16.4 Å². The zero-order valence-electron chi connectivity index (χ0n) is 19.7. The van der Waals surface area contributed by atoms with E-state index in [1.807, 2.05) is 0 Å². The van der Waals surface area contributed by atoms with Crippen molar-refractivity contribution in [3.63, 3.8) is 0 Å². The summed E-state index contributed by atoms with van der Waals surface area (Å²) in [6.07, 6.45) is 0.0487. The Labute approximate surface area is 234 Å². The summed E-state index contributed by atoms with van der Waals surface area (Å²) in [5.41, 5.74) is 0.726. The van der Waals surface area contributed by atoms with Gasteiger partial charge in [-0.1, -0.05) is 53.0 Å². The number of pyridine rings is 1. The summed E-state index contributed by atoms with van der Waals surface area (Å²) in [5, 5.41) is 3.26. The fourth-order valence-electron chi connectivity index (χ4n) is 4.50. The van der Waals surface area contributed by atoms with Crippen molar-refractivity contribution in [2.75, 3.05) is 35.9 Å². The predicted octanol–water partition coefficient (Wildman–Crippen LogP) is 5.11. The lowest BCUT2D eigenvalue weighted by Crippen LogP contribution is -2.44. The van der Waals surface area contributed by atoms with Crippen molar-refractivity contribution in [3.8, 4) is 0 Å². The van der Waals surface area contributed by atoms with E-state index in [1.165, 1.54) is 28.6 Å². The van der Waals surface area contributed by atoms with Crippen LogP contribution in [-0.2, 0) is 21.2 Å². The average Bonchev–Trinajstić information content (AvgIpc) is 3.27. The summed E-state index contributed by atoms with van der Waals surface area (Å²) in [6.45, 7) is 1.12. The number of hydrogen-bond acceptors (Lipinski definition) is 6. The molecule has 2 aliphatic rings. The molecule has 1 unspecified atom stereocenters. The molecule has 2 amide bonds. The van der Waals surface area contributed by atoms with E-state index < -0.39 is 22.0 Å². The van der Waals surface area contributed by atoms with Crippen molar-refractivity contribution in [1.82, 2.24) is 9.88 Å². The SMILES string of the molecule is O=C(Nc1ccc2c(n1)N(S(=O)(=O)c1cccc(Cl)c1)CC(CN1CCOC1=O)C2)c1c(Cl)cccc1Cl. The molecule has 0 radical (unpaired) electrons. The molecule has 1 N–H and O–H groups in total. The monoisotopic (exact) mass is 594 g/mol. The molecule has 198 valence electrons. The van der Waals surface area contributed by atoms with Crippen LogP contribution in [0.2, 0.25) is 15.1 Å². The molecule has 38 heavy (non-hydrogen) atoms. The number of nitrogens with one attached hydrogen (secondary N) is 1. The third-order valence-electron chi connectivity index (χ3n) is 6.26. The van der Waals surface area contributed by atoms with Gasteiger partial charge in [0.15, 0.2) is 0 Å². The van der Waals surface area contributed by atoms with Gasteiger partial charge in [0.25, 0.3) is 15.9 Å². The molecule has 1 aromatic heterocycles. The van der Waals surface area contributed by atoms with Crippen LogP contribution < -0.4 is 9.62 Å². The molecule has 0 spiro atoms. The van der Waals surface area contributed by atoms with E-state index >= 15 is 0 Å². The highest BCUT2D eigenvalue weighted by Crippen LogP contribution is 2.35. The first kappa shape index (κ1) is 26.6. The number of anilines is 2. The number of benzene rings is 2. The van der Waals surface area contributed by atoms with Crippen LogP contribution in [0.5, 0.6) is 0 Å². The molecule has 2 aromatic carbocycles. The number of carbonyl (C=O) groups is 2. The van der Waals surface area contributed by atoms with Crippen molar-refractivity contribution < 1.29 is 22.7 Å². The number of ether oxygens (including phenoxy) is 1. The van der Waals surface area contributed by atoms with Crippen LogP contribution in [-0.4, -0.2) is 56.5 Å². The Kier molecular flexibility index (Phi) is 7.41. The molecule has 3 aromatic rings.